The minimum absolute atomic E-state index is 0.0686. The van der Waals surface area contributed by atoms with Gasteiger partial charge < -0.3 is 5.32 Å². The molecule has 3 N–H and O–H groups in total. The second-order valence-electron chi connectivity index (χ2n) is 5.74. The summed E-state index contributed by atoms with van der Waals surface area (Å²) in [5, 5.41) is 7.99. The Morgan fingerprint density at radius 1 is 1.40 bits per heavy atom. The normalized spacial score (nSPS) is 18.1. The van der Waals surface area contributed by atoms with E-state index in [1.165, 1.54) is 18.9 Å². The van der Waals surface area contributed by atoms with Crippen molar-refractivity contribution in [2.24, 2.45) is 10.6 Å². The standard InChI is InChI=1S/C13H20N2O3S2/c1-13(6-2-3-7-13)9-15-11(16)8-10-4-5-12(19-10)20(14,17)18/h4-5H,2-3,6-9H2,1H3,(H,15,16)(H2,14,17,18). The maximum absolute atomic E-state index is 11.9. The monoisotopic (exact) mass is 316 g/mol. The molecule has 1 amide bonds. The molecule has 1 aliphatic rings. The highest BCUT2D eigenvalue weighted by Crippen LogP contribution is 2.36. The van der Waals surface area contributed by atoms with Gasteiger partial charge in [-0.1, -0.05) is 19.8 Å². The second-order valence-corrected chi connectivity index (χ2v) is 8.69. The van der Waals surface area contributed by atoms with Crippen LogP contribution >= 0.6 is 11.3 Å². The van der Waals surface area contributed by atoms with E-state index in [2.05, 4.69) is 12.2 Å². The molecule has 2 rings (SSSR count). The third kappa shape index (κ3) is 4.04. The Bertz CT molecular complexity index is 587. The van der Waals surface area contributed by atoms with Crippen molar-refractivity contribution in [3.63, 3.8) is 0 Å². The van der Waals surface area contributed by atoms with Gasteiger partial charge in [-0.2, -0.15) is 0 Å². The van der Waals surface area contributed by atoms with Gasteiger partial charge in [0.1, 0.15) is 4.21 Å². The van der Waals surface area contributed by atoms with Gasteiger partial charge in [0.2, 0.25) is 15.9 Å². The largest absolute Gasteiger partial charge is 0.355 e. The summed E-state index contributed by atoms with van der Waals surface area (Å²) >= 11 is 1.05. The number of thiophene rings is 1. The van der Waals surface area contributed by atoms with Gasteiger partial charge >= 0.3 is 0 Å². The molecule has 0 bridgehead atoms. The smallest absolute Gasteiger partial charge is 0.247 e. The number of carbonyl (C=O) groups is 1. The molecular weight excluding hydrogens is 296 g/mol. The maximum Gasteiger partial charge on any atom is 0.247 e. The van der Waals surface area contributed by atoms with Crippen LogP contribution in [0.2, 0.25) is 0 Å². The van der Waals surface area contributed by atoms with Gasteiger partial charge in [0.15, 0.2) is 0 Å². The van der Waals surface area contributed by atoms with Gasteiger partial charge in [-0.25, -0.2) is 13.6 Å². The molecule has 0 saturated heterocycles. The second kappa shape index (κ2) is 5.83. The Balaban J connectivity index is 1.87. The quantitative estimate of drug-likeness (QED) is 0.865. The fourth-order valence-electron chi connectivity index (χ4n) is 2.54. The van der Waals surface area contributed by atoms with Gasteiger partial charge in [0.25, 0.3) is 0 Å². The lowest BCUT2D eigenvalue weighted by Crippen LogP contribution is -2.34. The van der Waals surface area contributed by atoms with E-state index >= 15 is 0 Å². The summed E-state index contributed by atoms with van der Waals surface area (Å²) in [6.45, 7) is 2.89. The van der Waals surface area contributed by atoms with E-state index in [0.29, 0.717) is 11.4 Å². The summed E-state index contributed by atoms with van der Waals surface area (Å²) in [5.74, 6) is -0.0686. The average molecular weight is 316 g/mol. The fraction of sp³-hybridized carbons (Fsp3) is 0.615. The number of amides is 1. The Labute approximate surface area is 123 Å². The molecule has 0 radical (unpaired) electrons. The van der Waals surface area contributed by atoms with Crippen molar-refractivity contribution in [2.75, 3.05) is 6.54 Å². The fourth-order valence-corrected chi connectivity index (χ4v) is 4.32. The summed E-state index contributed by atoms with van der Waals surface area (Å²) in [4.78, 5) is 12.6. The molecule has 112 valence electrons. The molecule has 1 aromatic rings. The molecule has 0 aliphatic heterocycles. The van der Waals surface area contributed by atoms with E-state index in [1.807, 2.05) is 0 Å². The lowest BCUT2D eigenvalue weighted by atomic mass is 9.89. The number of primary sulfonamides is 1. The van der Waals surface area contributed by atoms with Crippen molar-refractivity contribution in [3.05, 3.63) is 17.0 Å². The van der Waals surface area contributed by atoms with Crippen molar-refractivity contribution < 1.29 is 13.2 Å². The topological polar surface area (TPSA) is 89.3 Å². The molecule has 1 saturated carbocycles. The summed E-state index contributed by atoms with van der Waals surface area (Å²) in [7, 11) is -3.67. The van der Waals surface area contributed by atoms with Gasteiger partial charge in [-0.3, -0.25) is 4.79 Å². The van der Waals surface area contributed by atoms with Crippen LogP contribution in [0.25, 0.3) is 0 Å². The van der Waals surface area contributed by atoms with Crippen LogP contribution < -0.4 is 10.5 Å². The highest BCUT2D eigenvalue weighted by molar-refractivity contribution is 7.91. The predicted molar refractivity (Wildman–Crippen MR) is 79.0 cm³/mol. The molecule has 0 unspecified atom stereocenters. The summed E-state index contributed by atoms with van der Waals surface area (Å²) in [6, 6.07) is 3.09. The first-order chi connectivity index (χ1) is 9.28. The molecule has 20 heavy (non-hydrogen) atoms. The highest BCUT2D eigenvalue weighted by Gasteiger charge is 2.28. The Morgan fingerprint density at radius 3 is 2.60 bits per heavy atom. The van der Waals surface area contributed by atoms with Crippen LogP contribution in [0.4, 0.5) is 0 Å². The van der Waals surface area contributed by atoms with Crippen LogP contribution in [0.3, 0.4) is 0 Å². The zero-order valence-electron chi connectivity index (χ0n) is 11.5. The number of nitrogens with one attached hydrogen (secondary N) is 1. The van der Waals surface area contributed by atoms with Gasteiger partial charge in [-0.15, -0.1) is 11.3 Å². The molecule has 7 heteroatoms. The highest BCUT2D eigenvalue weighted by atomic mass is 32.2. The number of hydrogen-bond donors (Lipinski definition) is 2. The molecule has 1 fully saturated rings. The third-order valence-corrected chi connectivity index (χ3v) is 6.30. The maximum atomic E-state index is 11.9. The Hall–Kier alpha value is -0.920. The lowest BCUT2D eigenvalue weighted by Gasteiger charge is -2.23. The molecule has 1 heterocycles. The van der Waals surface area contributed by atoms with Crippen LogP contribution in [-0.2, 0) is 21.2 Å². The van der Waals surface area contributed by atoms with Gasteiger partial charge in [-0.05, 0) is 30.4 Å². The molecule has 0 aromatic carbocycles. The molecule has 0 atom stereocenters. The van der Waals surface area contributed by atoms with E-state index in [1.54, 1.807) is 6.07 Å². The lowest BCUT2D eigenvalue weighted by molar-refractivity contribution is -0.120. The van der Waals surface area contributed by atoms with Crippen molar-refractivity contribution in [2.45, 2.75) is 43.2 Å². The number of nitrogens with two attached hydrogens (primary N) is 1. The van der Waals surface area contributed by atoms with E-state index in [-0.39, 0.29) is 22.0 Å². The van der Waals surface area contributed by atoms with Crippen LogP contribution in [-0.4, -0.2) is 20.9 Å². The van der Waals surface area contributed by atoms with Crippen LogP contribution in [0.5, 0.6) is 0 Å². The van der Waals surface area contributed by atoms with Gasteiger partial charge in [0.05, 0.1) is 6.42 Å². The minimum Gasteiger partial charge on any atom is -0.355 e. The third-order valence-electron chi connectivity index (χ3n) is 3.78. The van der Waals surface area contributed by atoms with Crippen LogP contribution in [0.15, 0.2) is 16.3 Å². The average Bonchev–Trinajstić information content (AvgIpc) is 2.96. The Morgan fingerprint density at radius 2 is 2.05 bits per heavy atom. The first-order valence-corrected chi connectivity index (χ1v) is 9.03. The van der Waals surface area contributed by atoms with Crippen molar-refractivity contribution in [3.8, 4) is 0 Å². The first kappa shape index (κ1) is 15.5. The number of sulfonamides is 1. The number of carbonyl (C=O) groups excluding carboxylic acids is 1. The molecule has 0 spiro atoms. The van der Waals surface area contributed by atoms with Crippen molar-refractivity contribution in [1.29, 1.82) is 0 Å². The van der Waals surface area contributed by atoms with Crippen LogP contribution in [0.1, 0.15) is 37.5 Å². The van der Waals surface area contributed by atoms with Crippen molar-refractivity contribution >= 4 is 27.3 Å². The van der Waals surface area contributed by atoms with E-state index < -0.39 is 10.0 Å². The number of rotatable bonds is 5. The SMILES string of the molecule is CC1(CNC(=O)Cc2ccc(S(N)(=O)=O)s2)CCCC1. The van der Waals surface area contributed by atoms with Gasteiger partial charge in [0, 0.05) is 11.4 Å². The van der Waals surface area contributed by atoms with Crippen molar-refractivity contribution in [1.82, 2.24) is 5.32 Å². The van der Waals surface area contributed by atoms with Crippen LogP contribution in [0, 0.1) is 5.41 Å². The summed E-state index contributed by atoms with van der Waals surface area (Å²) in [6.07, 6.45) is 4.98. The summed E-state index contributed by atoms with van der Waals surface area (Å²) < 4.78 is 22.4. The predicted octanol–water partition coefficient (Wildman–Crippen LogP) is 1.63. The molecule has 5 nitrogen and oxygen atoms in total. The van der Waals surface area contributed by atoms with E-state index in [4.69, 9.17) is 5.14 Å². The molecule has 1 aromatic heterocycles. The summed E-state index contributed by atoms with van der Waals surface area (Å²) in [5.41, 5.74) is 0.219. The zero-order chi connectivity index (χ0) is 14.8. The molecule has 1 aliphatic carbocycles. The van der Waals surface area contributed by atoms with E-state index in [0.717, 1.165) is 24.2 Å². The minimum atomic E-state index is -3.67. The van der Waals surface area contributed by atoms with E-state index in [9.17, 15) is 13.2 Å². The number of hydrogen-bond acceptors (Lipinski definition) is 4. The zero-order valence-corrected chi connectivity index (χ0v) is 13.1. The first-order valence-electron chi connectivity index (χ1n) is 6.67. The Kier molecular flexibility index (Phi) is 4.51. The molecular formula is C13H20N2O3S2.